The Balaban J connectivity index is 0.000000187. The Labute approximate surface area is 92.3 Å². The van der Waals surface area contributed by atoms with Gasteiger partial charge < -0.3 is 5.11 Å². The Morgan fingerprint density at radius 1 is 1.06 bits per heavy atom. The third-order valence-electron chi connectivity index (χ3n) is 1.54. The van der Waals surface area contributed by atoms with Gasteiger partial charge in [0.05, 0.1) is 11.0 Å². The van der Waals surface area contributed by atoms with Crippen molar-refractivity contribution in [2.75, 3.05) is 5.94 Å². The summed E-state index contributed by atoms with van der Waals surface area (Å²) in [5, 5.41) is 7.56. The van der Waals surface area contributed by atoms with E-state index >= 15 is 0 Å². The number of aliphatic hydroxyl groups excluding tert-OH is 1. The first-order valence-electron chi connectivity index (χ1n) is 4.25. The Morgan fingerprint density at radius 2 is 1.44 bits per heavy atom. The van der Waals surface area contributed by atoms with Gasteiger partial charge in [-0.2, -0.15) is 8.42 Å². The summed E-state index contributed by atoms with van der Waals surface area (Å²) in [6, 6.07) is 7.80. The fourth-order valence-electron chi connectivity index (χ4n) is 0.910. The lowest BCUT2D eigenvalue weighted by Crippen LogP contribution is -2.00. The van der Waals surface area contributed by atoms with Crippen molar-refractivity contribution in [2.45, 2.75) is 0 Å². The van der Waals surface area contributed by atoms with E-state index in [1.165, 1.54) is 0 Å². The van der Waals surface area contributed by atoms with Crippen LogP contribution in [-0.4, -0.2) is 34.0 Å². The molecule has 7 heteroatoms. The first kappa shape index (κ1) is 12.5. The molecule has 0 atom stereocenters. The Bertz CT molecular complexity index is 491. The largest absolute Gasteiger partial charge is 0.378 e. The molecule has 0 saturated heterocycles. The summed E-state index contributed by atoms with van der Waals surface area (Å²) in [4.78, 5) is 8.24. The molecule has 86 valence electrons. The van der Waals surface area contributed by atoms with Crippen LogP contribution in [0.15, 0.2) is 36.7 Å². The van der Waals surface area contributed by atoms with Crippen LogP contribution in [0.1, 0.15) is 0 Å². The smallest absolute Gasteiger partial charge is 0.289 e. The molecule has 0 spiro atoms. The molecule has 6 nitrogen and oxygen atoms in total. The highest BCUT2D eigenvalue weighted by atomic mass is 32.2. The van der Waals surface area contributed by atoms with Crippen molar-refractivity contribution >= 4 is 21.2 Å². The minimum Gasteiger partial charge on any atom is -0.378 e. The van der Waals surface area contributed by atoms with Crippen LogP contribution in [0.3, 0.4) is 0 Å². The summed E-state index contributed by atoms with van der Waals surface area (Å²) < 4.78 is 26.2. The van der Waals surface area contributed by atoms with Crippen molar-refractivity contribution in [2.24, 2.45) is 0 Å². The van der Waals surface area contributed by atoms with E-state index in [9.17, 15) is 8.42 Å². The number of para-hydroxylation sites is 2. The molecule has 0 unspecified atom stereocenters. The summed E-state index contributed by atoms with van der Waals surface area (Å²) in [6.45, 7) is 0. The second-order valence-corrected chi connectivity index (χ2v) is 4.18. The molecule has 0 bridgehead atoms. The van der Waals surface area contributed by atoms with Gasteiger partial charge in [-0.05, 0) is 12.1 Å². The highest BCUT2D eigenvalue weighted by molar-refractivity contribution is 7.85. The van der Waals surface area contributed by atoms with Crippen molar-refractivity contribution in [1.82, 2.24) is 9.97 Å². The molecule has 2 rings (SSSR count). The molecule has 0 aliphatic carbocycles. The van der Waals surface area contributed by atoms with Crippen LogP contribution in [0.4, 0.5) is 0 Å². The van der Waals surface area contributed by atoms with Gasteiger partial charge in [0.2, 0.25) is 0 Å². The van der Waals surface area contributed by atoms with Crippen LogP contribution in [0.2, 0.25) is 0 Å². The predicted molar refractivity (Wildman–Crippen MR) is 58.2 cm³/mol. The van der Waals surface area contributed by atoms with Crippen LogP contribution >= 0.6 is 0 Å². The average Bonchev–Trinajstić information content (AvgIpc) is 2.29. The summed E-state index contributed by atoms with van der Waals surface area (Å²) in [7, 11) is -4.11. The van der Waals surface area contributed by atoms with Gasteiger partial charge in [0.15, 0.2) is 5.94 Å². The average molecular weight is 242 g/mol. The first-order valence-corrected chi connectivity index (χ1v) is 5.85. The predicted octanol–water partition coefficient (Wildman–Crippen LogP) is 0.454. The number of hydrogen-bond donors (Lipinski definition) is 2. The van der Waals surface area contributed by atoms with Crippen LogP contribution in [0.25, 0.3) is 11.0 Å². The molecule has 1 aromatic heterocycles. The maximum atomic E-state index is 9.31. The number of rotatable bonds is 1. The second-order valence-electron chi connectivity index (χ2n) is 2.76. The van der Waals surface area contributed by atoms with Gasteiger partial charge in [0, 0.05) is 12.4 Å². The van der Waals surface area contributed by atoms with E-state index in [2.05, 4.69) is 9.97 Å². The van der Waals surface area contributed by atoms with E-state index in [1.54, 1.807) is 12.4 Å². The second kappa shape index (κ2) is 5.50. The quantitative estimate of drug-likeness (QED) is 0.704. The number of hydrogen-bond acceptors (Lipinski definition) is 5. The van der Waals surface area contributed by atoms with E-state index in [0.717, 1.165) is 11.0 Å². The molecular weight excluding hydrogens is 232 g/mol. The maximum absolute atomic E-state index is 9.31. The normalized spacial score (nSPS) is 10.6. The van der Waals surface area contributed by atoms with Crippen LogP contribution in [0.5, 0.6) is 0 Å². The van der Waals surface area contributed by atoms with Crippen LogP contribution in [-0.2, 0) is 10.1 Å². The van der Waals surface area contributed by atoms with Crippen molar-refractivity contribution in [3.63, 3.8) is 0 Å². The lowest BCUT2D eigenvalue weighted by molar-refractivity contribution is 0.336. The summed E-state index contributed by atoms with van der Waals surface area (Å²) in [5.41, 5.74) is 1.90. The Hall–Kier alpha value is -1.57. The van der Waals surface area contributed by atoms with Crippen molar-refractivity contribution < 1.29 is 18.1 Å². The molecule has 2 N–H and O–H groups in total. The SMILES string of the molecule is O=S(=O)(O)CO.c1ccc2nccnc2c1. The van der Waals surface area contributed by atoms with Gasteiger partial charge >= 0.3 is 0 Å². The topological polar surface area (TPSA) is 100 Å². The fourth-order valence-corrected chi connectivity index (χ4v) is 0.910. The molecule has 0 fully saturated rings. The molecule has 0 saturated carbocycles. The van der Waals surface area contributed by atoms with Crippen molar-refractivity contribution in [3.8, 4) is 0 Å². The molecule has 0 amide bonds. The minimum absolute atomic E-state index is 0.949. The molecule has 1 aromatic carbocycles. The fraction of sp³-hybridized carbons (Fsp3) is 0.111. The van der Waals surface area contributed by atoms with E-state index in [1.807, 2.05) is 24.3 Å². The van der Waals surface area contributed by atoms with Crippen LogP contribution < -0.4 is 0 Å². The van der Waals surface area contributed by atoms with Crippen molar-refractivity contribution in [3.05, 3.63) is 36.7 Å². The zero-order valence-corrected chi connectivity index (χ0v) is 9.00. The van der Waals surface area contributed by atoms with Crippen LogP contribution in [0, 0.1) is 0 Å². The molecule has 2 aromatic rings. The van der Waals surface area contributed by atoms with E-state index in [0.29, 0.717) is 0 Å². The summed E-state index contributed by atoms with van der Waals surface area (Å²) >= 11 is 0. The molecule has 0 aliphatic rings. The molecule has 1 heterocycles. The third kappa shape index (κ3) is 4.30. The standard InChI is InChI=1S/C8H6N2.CH4O4S/c1-2-4-8-7(3-1)9-5-6-10-8;2-1-6(3,4)5/h1-6H;2H,1H2,(H,3,4,5). The highest BCUT2D eigenvalue weighted by Crippen LogP contribution is 2.04. The first-order chi connectivity index (χ1) is 7.53. The maximum Gasteiger partial charge on any atom is 0.289 e. The van der Waals surface area contributed by atoms with E-state index in [-0.39, 0.29) is 0 Å². The summed E-state index contributed by atoms with van der Waals surface area (Å²) in [6.07, 6.45) is 3.39. The molecular formula is C9H10N2O4S. The monoisotopic (exact) mass is 242 g/mol. The van der Waals surface area contributed by atoms with Crippen molar-refractivity contribution in [1.29, 1.82) is 0 Å². The lowest BCUT2D eigenvalue weighted by Gasteiger charge is -1.90. The summed E-state index contributed by atoms with van der Waals surface area (Å²) in [5.74, 6) is -1.20. The molecule has 16 heavy (non-hydrogen) atoms. The Morgan fingerprint density at radius 3 is 1.75 bits per heavy atom. The van der Waals surface area contributed by atoms with Gasteiger partial charge in [0.25, 0.3) is 10.1 Å². The van der Waals surface area contributed by atoms with Gasteiger partial charge in [0.1, 0.15) is 0 Å². The van der Waals surface area contributed by atoms with Gasteiger partial charge in [-0.15, -0.1) is 0 Å². The van der Waals surface area contributed by atoms with Gasteiger partial charge in [-0.1, -0.05) is 12.1 Å². The van der Waals surface area contributed by atoms with Gasteiger partial charge in [-0.25, -0.2) is 0 Å². The molecule has 0 radical (unpaired) electrons. The number of benzene rings is 1. The molecule has 0 aliphatic heterocycles. The minimum atomic E-state index is -4.11. The zero-order valence-electron chi connectivity index (χ0n) is 8.18. The highest BCUT2D eigenvalue weighted by Gasteiger charge is 1.95. The Kier molecular flexibility index (Phi) is 4.29. The number of nitrogens with zero attached hydrogens (tertiary/aromatic N) is 2. The number of aromatic nitrogens is 2. The van der Waals surface area contributed by atoms with E-state index < -0.39 is 16.1 Å². The van der Waals surface area contributed by atoms with E-state index in [4.69, 9.17) is 9.66 Å². The lowest BCUT2D eigenvalue weighted by atomic mass is 10.3. The number of aliphatic hydroxyl groups is 1. The van der Waals surface area contributed by atoms with Gasteiger partial charge in [-0.3, -0.25) is 14.5 Å². The third-order valence-corrected chi connectivity index (χ3v) is 1.87. The zero-order chi connectivity index (χ0) is 12.0. The number of fused-ring (bicyclic) bond motifs is 1.